The molecule has 0 radical (unpaired) electrons. The maximum atomic E-state index is 12.6. The summed E-state index contributed by atoms with van der Waals surface area (Å²) in [7, 11) is -3.88. The Morgan fingerprint density at radius 1 is 1.48 bits per heavy atom. The van der Waals surface area contributed by atoms with Crippen molar-refractivity contribution in [2.75, 3.05) is 32.1 Å². The number of anilines is 1. The highest BCUT2D eigenvalue weighted by atomic mass is 32.2. The lowest BCUT2D eigenvalue weighted by Gasteiger charge is -2.33. The number of ether oxygens (including phenoxy) is 1. The quantitative estimate of drug-likeness (QED) is 0.594. The van der Waals surface area contributed by atoms with E-state index in [0.29, 0.717) is 0 Å². The van der Waals surface area contributed by atoms with E-state index in [4.69, 9.17) is 16.2 Å². The van der Waals surface area contributed by atoms with E-state index in [1.807, 2.05) is 0 Å². The summed E-state index contributed by atoms with van der Waals surface area (Å²) in [6, 6.07) is 3.12. The van der Waals surface area contributed by atoms with Crippen LogP contribution in [0, 0.1) is 0 Å². The molecular formula is C12H17N3O5S. The van der Waals surface area contributed by atoms with Crippen LogP contribution in [0.3, 0.4) is 0 Å². The normalized spacial score (nSPS) is 20.3. The van der Waals surface area contributed by atoms with Crippen LogP contribution in [0.2, 0.25) is 0 Å². The molecule has 1 aromatic rings. The zero-order valence-electron chi connectivity index (χ0n) is 11.2. The summed E-state index contributed by atoms with van der Waals surface area (Å²) in [5, 5.41) is 9.28. The van der Waals surface area contributed by atoms with Gasteiger partial charge in [0.15, 0.2) is 0 Å². The van der Waals surface area contributed by atoms with Gasteiger partial charge in [-0.2, -0.15) is 4.31 Å². The molecule has 1 aliphatic heterocycles. The molecule has 0 saturated carbocycles. The average Bonchev–Trinajstić information content (AvgIpc) is 2.46. The molecule has 2 rings (SSSR count). The predicted molar refractivity (Wildman–Crippen MR) is 75.0 cm³/mol. The minimum absolute atomic E-state index is 0.0607. The van der Waals surface area contributed by atoms with Gasteiger partial charge in [0.25, 0.3) is 0 Å². The number of aliphatic hydroxyl groups excluding tert-OH is 1. The number of nitrogens with zero attached hydrogens (tertiary/aromatic N) is 1. The molecule has 1 aliphatic rings. The van der Waals surface area contributed by atoms with Crippen LogP contribution in [0.5, 0.6) is 0 Å². The van der Waals surface area contributed by atoms with Gasteiger partial charge in [-0.25, -0.2) is 8.42 Å². The zero-order chi connectivity index (χ0) is 15.6. The lowest BCUT2D eigenvalue weighted by atomic mass is 10.2. The summed E-state index contributed by atoms with van der Waals surface area (Å²) >= 11 is 0. The summed E-state index contributed by atoms with van der Waals surface area (Å²) in [4.78, 5) is 11.0. The van der Waals surface area contributed by atoms with Crippen LogP contribution in [-0.2, 0) is 14.8 Å². The van der Waals surface area contributed by atoms with Crippen LogP contribution in [-0.4, -0.2) is 56.1 Å². The molecule has 1 saturated heterocycles. The molecule has 1 fully saturated rings. The molecule has 21 heavy (non-hydrogen) atoms. The highest BCUT2D eigenvalue weighted by Crippen LogP contribution is 2.26. The summed E-state index contributed by atoms with van der Waals surface area (Å²) in [6.07, 6.45) is 0. The maximum absolute atomic E-state index is 12.6. The largest absolute Gasteiger partial charge is 0.398 e. The molecular weight excluding hydrogens is 298 g/mol. The van der Waals surface area contributed by atoms with Gasteiger partial charge in [0.1, 0.15) is 4.90 Å². The molecule has 1 amide bonds. The van der Waals surface area contributed by atoms with E-state index >= 15 is 0 Å². The molecule has 8 nitrogen and oxygen atoms in total. The third-order valence-corrected chi connectivity index (χ3v) is 5.29. The first-order valence-electron chi connectivity index (χ1n) is 6.27. The van der Waals surface area contributed by atoms with Gasteiger partial charge in [-0.15, -0.1) is 0 Å². The van der Waals surface area contributed by atoms with Crippen molar-refractivity contribution in [3.63, 3.8) is 0 Å². The van der Waals surface area contributed by atoms with Gasteiger partial charge >= 0.3 is 0 Å². The lowest BCUT2D eigenvalue weighted by molar-refractivity contribution is 0.0109. The van der Waals surface area contributed by atoms with E-state index in [9.17, 15) is 18.3 Å². The van der Waals surface area contributed by atoms with Gasteiger partial charge in [0.2, 0.25) is 15.9 Å². The Morgan fingerprint density at radius 2 is 2.19 bits per heavy atom. The molecule has 0 aliphatic carbocycles. The number of sulfonamides is 1. The van der Waals surface area contributed by atoms with E-state index in [1.54, 1.807) is 0 Å². The smallest absolute Gasteiger partial charge is 0.248 e. The van der Waals surface area contributed by atoms with Crippen molar-refractivity contribution < 1.29 is 23.1 Å². The number of morpholine rings is 1. The molecule has 9 heteroatoms. The number of primary amides is 1. The Balaban J connectivity index is 2.41. The second kappa shape index (κ2) is 5.98. The van der Waals surface area contributed by atoms with Crippen molar-refractivity contribution in [2.45, 2.75) is 10.9 Å². The second-order valence-corrected chi connectivity index (χ2v) is 6.50. The fraction of sp³-hybridized carbons (Fsp3) is 0.417. The molecule has 0 bridgehead atoms. The van der Waals surface area contributed by atoms with Crippen molar-refractivity contribution in [3.8, 4) is 0 Å². The van der Waals surface area contributed by atoms with Crippen molar-refractivity contribution in [1.82, 2.24) is 4.31 Å². The Kier molecular flexibility index (Phi) is 4.47. The maximum Gasteiger partial charge on any atom is 0.248 e. The molecule has 116 valence electrons. The molecule has 5 N–H and O–H groups in total. The number of carbonyl (C=O) groups excluding carboxylic acids is 1. The number of nitrogen functional groups attached to an aromatic ring is 1. The minimum Gasteiger partial charge on any atom is -0.398 e. The molecule has 1 unspecified atom stereocenters. The second-order valence-electron chi connectivity index (χ2n) is 4.64. The minimum atomic E-state index is -3.88. The number of amides is 1. The van der Waals surface area contributed by atoms with E-state index in [0.717, 1.165) is 4.31 Å². The monoisotopic (exact) mass is 315 g/mol. The van der Waals surface area contributed by atoms with Crippen LogP contribution < -0.4 is 11.5 Å². The van der Waals surface area contributed by atoms with E-state index in [2.05, 4.69) is 0 Å². The Hall–Kier alpha value is -1.68. The van der Waals surface area contributed by atoms with Crippen LogP contribution in [0.15, 0.2) is 23.1 Å². The van der Waals surface area contributed by atoms with Gasteiger partial charge in [0.05, 0.1) is 31.5 Å². The number of aliphatic hydroxyl groups is 1. The average molecular weight is 315 g/mol. The molecule has 1 aromatic carbocycles. The van der Waals surface area contributed by atoms with Gasteiger partial charge in [-0.1, -0.05) is 0 Å². The number of hydrogen-bond donors (Lipinski definition) is 3. The first-order chi connectivity index (χ1) is 9.87. The zero-order valence-corrected chi connectivity index (χ0v) is 12.0. The Morgan fingerprint density at radius 3 is 2.76 bits per heavy atom. The standard InChI is InChI=1S/C12H17N3O5S/c13-10-5-8(12(14)17)1-2-11(10)21(18,19)15-3-4-20-7-9(15)6-16/h1-2,5,9,16H,3-4,6-7,13H2,(H2,14,17). The Bertz CT molecular complexity index is 646. The fourth-order valence-corrected chi connectivity index (χ4v) is 3.85. The van der Waals surface area contributed by atoms with Crippen LogP contribution in [0.25, 0.3) is 0 Å². The van der Waals surface area contributed by atoms with Gasteiger partial charge < -0.3 is 21.3 Å². The fourth-order valence-electron chi connectivity index (χ4n) is 2.16. The van der Waals surface area contributed by atoms with E-state index in [1.165, 1.54) is 18.2 Å². The van der Waals surface area contributed by atoms with Crippen LogP contribution >= 0.6 is 0 Å². The van der Waals surface area contributed by atoms with Crippen molar-refractivity contribution in [3.05, 3.63) is 23.8 Å². The summed E-state index contributed by atoms with van der Waals surface area (Å²) in [5.41, 5.74) is 10.9. The first kappa shape index (κ1) is 15.7. The SMILES string of the molecule is NC(=O)c1ccc(S(=O)(=O)N2CCOCC2CO)c(N)c1. The molecule has 1 atom stereocenters. The molecule has 0 aromatic heterocycles. The lowest BCUT2D eigenvalue weighted by Crippen LogP contribution is -2.50. The van der Waals surface area contributed by atoms with Crippen molar-refractivity contribution >= 4 is 21.6 Å². The number of nitrogens with two attached hydrogens (primary N) is 2. The highest BCUT2D eigenvalue weighted by molar-refractivity contribution is 7.89. The highest BCUT2D eigenvalue weighted by Gasteiger charge is 2.34. The third-order valence-electron chi connectivity index (χ3n) is 3.27. The Labute approximate surface area is 122 Å². The third kappa shape index (κ3) is 3.00. The van der Waals surface area contributed by atoms with E-state index < -0.39 is 22.0 Å². The number of carbonyl (C=O) groups is 1. The molecule has 0 spiro atoms. The van der Waals surface area contributed by atoms with Crippen LogP contribution in [0.1, 0.15) is 10.4 Å². The number of rotatable bonds is 4. The van der Waals surface area contributed by atoms with Gasteiger partial charge in [0, 0.05) is 12.1 Å². The topological polar surface area (TPSA) is 136 Å². The number of benzene rings is 1. The van der Waals surface area contributed by atoms with Crippen LogP contribution in [0.4, 0.5) is 5.69 Å². The molecule has 1 heterocycles. The summed E-state index contributed by atoms with van der Waals surface area (Å²) < 4.78 is 31.6. The van der Waals surface area contributed by atoms with Crippen molar-refractivity contribution in [2.24, 2.45) is 5.73 Å². The predicted octanol–water partition coefficient (Wildman–Crippen LogP) is -1.25. The first-order valence-corrected chi connectivity index (χ1v) is 7.71. The summed E-state index contributed by atoms with van der Waals surface area (Å²) in [5.74, 6) is -0.690. The van der Waals surface area contributed by atoms with Gasteiger partial charge in [-0.05, 0) is 18.2 Å². The van der Waals surface area contributed by atoms with E-state index in [-0.39, 0.29) is 42.5 Å². The van der Waals surface area contributed by atoms with Gasteiger partial charge in [-0.3, -0.25) is 4.79 Å². The summed E-state index contributed by atoms with van der Waals surface area (Å²) in [6.45, 7) is 0.146. The van der Waals surface area contributed by atoms with Crippen molar-refractivity contribution in [1.29, 1.82) is 0 Å². The number of hydrogen-bond acceptors (Lipinski definition) is 6.